The lowest BCUT2D eigenvalue weighted by Gasteiger charge is -2.13. The van der Waals surface area contributed by atoms with Gasteiger partial charge in [-0.15, -0.1) is 0 Å². The zero-order valence-corrected chi connectivity index (χ0v) is 11.4. The molecular formula is C11H14N2O6S. The zero-order chi connectivity index (χ0) is 15.3. The van der Waals surface area contributed by atoms with Crippen molar-refractivity contribution in [1.82, 2.24) is 4.72 Å². The summed E-state index contributed by atoms with van der Waals surface area (Å²) in [6, 6.07) is 3.73. The molecule has 0 spiro atoms. The van der Waals surface area contributed by atoms with Gasteiger partial charge in [0.25, 0.3) is 0 Å². The molecule has 1 atom stereocenters. The summed E-state index contributed by atoms with van der Waals surface area (Å²) in [5.41, 5.74) is 4.87. The number of amides is 1. The molecule has 0 radical (unpaired) electrons. The predicted molar refractivity (Wildman–Crippen MR) is 68.6 cm³/mol. The molecule has 4 N–H and O–H groups in total. The van der Waals surface area contributed by atoms with E-state index in [1.165, 1.54) is 31.4 Å². The van der Waals surface area contributed by atoms with Crippen molar-refractivity contribution < 1.29 is 27.9 Å². The van der Waals surface area contributed by atoms with Crippen molar-refractivity contribution in [3.05, 3.63) is 24.3 Å². The summed E-state index contributed by atoms with van der Waals surface area (Å²) < 4.78 is 30.7. The van der Waals surface area contributed by atoms with Crippen LogP contribution in [0.3, 0.4) is 0 Å². The van der Waals surface area contributed by atoms with Gasteiger partial charge in [0.15, 0.2) is 0 Å². The highest BCUT2D eigenvalue weighted by Gasteiger charge is 2.26. The van der Waals surface area contributed by atoms with Crippen LogP contribution in [0.5, 0.6) is 5.75 Å². The van der Waals surface area contributed by atoms with Gasteiger partial charge in [0.1, 0.15) is 11.8 Å². The summed E-state index contributed by atoms with van der Waals surface area (Å²) in [5, 5.41) is 8.86. The van der Waals surface area contributed by atoms with E-state index in [0.29, 0.717) is 5.75 Å². The van der Waals surface area contributed by atoms with Crippen molar-refractivity contribution >= 4 is 21.9 Å². The van der Waals surface area contributed by atoms with Gasteiger partial charge in [0.05, 0.1) is 18.4 Å². The van der Waals surface area contributed by atoms with Crippen molar-refractivity contribution in [3.63, 3.8) is 0 Å². The van der Waals surface area contributed by atoms with E-state index in [0.717, 1.165) is 0 Å². The summed E-state index contributed by atoms with van der Waals surface area (Å²) in [7, 11) is -2.64. The van der Waals surface area contributed by atoms with Crippen LogP contribution in [0.2, 0.25) is 0 Å². The molecule has 0 saturated heterocycles. The van der Waals surface area contributed by atoms with Crippen LogP contribution in [0.25, 0.3) is 0 Å². The van der Waals surface area contributed by atoms with Gasteiger partial charge in [0, 0.05) is 0 Å². The highest BCUT2D eigenvalue weighted by molar-refractivity contribution is 7.89. The number of carboxylic acids is 1. The van der Waals surface area contributed by atoms with Crippen LogP contribution >= 0.6 is 0 Å². The number of hydrogen-bond acceptors (Lipinski definition) is 5. The quantitative estimate of drug-likeness (QED) is 0.609. The molecule has 8 nitrogen and oxygen atoms in total. The summed E-state index contributed by atoms with van der Waals surface area (Å²) in [6.45, 7) is 0. The second-order valence-electron chi connectivity index (χ2n) is 3.86. The van der Waals surface area contributed by atoms with Crippen LogP contribution < -0.4 is 15.2 Å². The number of nitrogens with one attached hydrogen (secondary N) is 1. The molecule has 0 bridgehead atoms. The zero-order valence-electron chi connectivity index (χ0n) is 10.6. The summed E-state index contributed by atoms with van der Waals surface area (Å²) in [6.07, 6.45) is -0.634. The summed E-state index contributed by atoms with van der Waals surface area (Å²) in [5.74, 6) is -1.95. The SMILES string of the molecule is COc1ccc(S(=O)(=O)NC(CC(N)=O)C(=O)O)cc1. The highest BCUT2D eigenvalue weighted by atomic mass is 32.2. The average molecular weight is 302 g/mol. The number of methoxy groups -OCH3 is 1. The van der Waals surface area contributed by atoms with E-state index in [2.05, 4.69) is 0 Å². The number of rotatable bonds is 7. The van der Waals surface area contributed by atoms with Crippen molar-refractivity contribution in [2.75, 3.05) is 7.11 Å². The molecule has 110 valence electrons. The van der Waals surface area contributed by atoms with Gasteiger partial charge in [0.2, 0.25) is 15.9 Å². The maximum Gasteiger partial charge on any atom is 0.322 e. The minimum absolute atomic E-state index is 0.144. The minimum Gasteiger partial charge on any atom is -0.497 e. The van der Waals surface area contributed by atoms with E-state index in [4.69, 9.17) is 15.6 Å². The van der Waals surface area contributed by atoms with Gasteiger partial charge >= 0.3 is 5.97 Å². The molecule has 0 saturated carbocycles. The maximum absolute atomic E-state index is 12.0. The Hall–Kier alpha value is -2.13. The third-order valence-corrected chi connectivity index (χ3v) is 3.86. The first-order valence-corrected chi connectivity index (χ1v) is 6.92. The van der Waals surface area contributed by atoms with Crippen molar-refractivity contribution in [2.24, 2.45) is 5.73 Å². The molecule has 0 aliphatic carbocycles. The van der Waals surface area contributed by atoms with Gasteiger partial charge in [-0.1, -0.05) is 0 Å². The number of carbonyl (C=O) groups is 2. The lowest BCUT2D eigenvalue weighted by molar-refractivity contribution is -0.140. The lowest BCUT2D eigenvalue weighted by Crippen LogP contribution is -2.43. The Morgan fingerprint density at radius 3 is 2.30 bits per heavy atom. The summed E-state index contributed by atoms with van der Waals surface area (Å²) >= 11 is 0. The molecular weight excluding hydrogens is 288 g/mol. The number of nitrogens with two attached hydrogens (primary N) is 1. The number of ether oxygens (including phenoxy) is 1. The monoisotopic (exact) mass is 302 g/mol. The first-order chi connectivity index (χ1) is 9.26. The van der Waals surface area contributed by atoms with Crippen molar-refractivity contribution in [1.29, 1.82) is 0 Å². The van der Waals surface area contributed by atoms with Gasteiger partial charge in [-0.3, -0.25) is 9.59 Å². The van der Waals surface area contributed by atoms with Crippen LogP contribution in [0.4, 0.5) is 0 Å². The predicted octanol–water partition coefficient (Wildman–Crippen LogP) is -0.698. The molecule has 20 heavy (non-hydrogen) atoms. The van der Waals surface area contributed by atoms with E-state index in [1.807, 2.05) is 4.72 Å². The number of benzene rings is 1. The number of carbonyl (C=O) groups excluding carboxylic acids is 1. The second kappa shape index (κ2) is 6.35. The highest BCUT2D eigenvalue weighted by Crippen LogP contribution is 2.15. The Balaban J connectivity index is 2.96. The first-order valence-electron chi connectivity index (χ1n) is 5.44. The Labute approximate surface area is 115 Å². The fourth-order valence-corrected chi connectivity index (χ4v) is 2.58. The van der Waals surface area contributed by atoms with Gasteiger partial charge in [-0.05, 0) is 24.3 Å². The van der Waals surface area contributed by atoms with E-state index < -0.39 is 34.4 Å². The Morgan fingerprint density at radius 1 is 1.35 bits per heavy atom. The third-order valence-electron chi connectivity index (χ3n) is 2.37. The number of primary amides is 1. The topological polar surface area (TPSA) is 136 Å². The van der Waals surface area contributed by atoms with E-state index >= 15 is 0 Å². The fourth-order valence-electron chi connectivity index (χ4n) is 1.39. The smallest absolute Gasteiger partial charge is 0.322 e. The summed E-state index contributed by atoms with van der Waals surface area (Å²) in [4.78, 5) is 21.5. The van der Waals surface area contributed by atoms with Crippen molar-refractivity contribution in [3.8, 4) is 5.75 Å². The molecule has 1 unspecified atom stereocenters. The Kier molecular flexibility index (Phi) is 5.06. The number of carboxylic acid groups (broad SMARTS) is 1. The number of sulfonamides is 1. The molecule has 1 rings (SSSR count). The molecule has 0 heterocycles. The van der Waals surface area contributed by atoms with E-state index in [9.17, 15) is 18.0 Å². The van der Waals surface area contributed by atoms with E-state index in [1.54, 1.807) is 0 Å². The van der Waals surface area contributed by atoms with Gasteiger partial charge < -0.3 is 15.6 Å². The minimum atomic E-state index is -4.07. The molecule has 0 fully saturated rings. The molecule has 0 aliphatic rings. The van der Waals surface area contributed by atoms with E-state index in [-0.39, 0.29) is 4.90 Å². The van der Waals surface area contributed by atoms with Gasteiger partial charge in [-0.25, -0.2) is 8.42 Å². The maximum atomic E-state index is 12.0. The number of aliphatic carboxylic acids is 1. The van der Waals surface area contributed by atoms with Crippen molar-refractivity contribution in [2.45, 2.75) is 17.4 Å². The fraction of sp³-hybridized carbons (Fsp3) is 0.273. The molecule has 1 amide bonds. The average Bonchev–Trinajstić information content (AvgIpc) is 2.37. The van der Waals surface area contributed by atoms with Gasteiger partial charge in [-0.2, -0.15) is 4.72 Å². The van der Waals surface area contributed by atoms with Crippen LogP contribution in [-0.4, -0.2) is 38.6 Å². The Morgan fingerprint density at radius 2 is 1.90 bits per heavy atom. The molecule has 9 heteroatoms. The molecule has 1 aromatic carbocycles. The number of hydrogen-bond donors (Lipinski definition) is 3. The first kappa shape index (κ1) is 15.9. The normalized spacial score (nSPS) is 12.7. The molecule has 0 aromatic heterocycles. The van der Waals surface area contributed by atoms with Crippen LogP contribution in [-0.2, 0) is 19.6 Å². The molecule has 1 aromatic rings. The lowest BCUT2D eigenvalue weighted by atomic mass is 10.2. The van der Waals surface area contributed by atoms with Crippen LogP contribution in [0, 0.1) is 0 Å². The van der Waals surface area contributed by atoms with Crippen LogP contribution in [0.1, 0.15) is 6.42 Å². The third kappa shape index (κ3) is 4.21. The second-order valence-corrected chi connectivity index (χ2v) is 5.57. The Bertz CT molecular complexity index is 596. The van der Waals surface area contributed by atoms with Crippen LogP contribution in [0.15, 0.2) is 29.2 Å². The molecule has 0 aliphatic heterocycles. The largest absolute Gasteiger partial charge is 0.497 e. The standard InChI is InChI=1S/C11H14N2O6S/c1-19-7-2-4-8(5-3-7)20(17,18)13-9(11(15)16)6-10(12)14/h2-5,9,13H,6H2,1H3,(H2,12,14)(H,15,16).